The van der Waals surface area contributed by atoms with E-state index in [4.69, 9.17) is 5.73 Å². The summed E-state index contributed by atoms with van der Waals surface area (Å²) in [6.45, 7) is 5.74. The van der Waals surface area contributed by atoms with Crippen molar-refractivity contribution in [3.05, 3.63) is 35.1 Å². The monoisotopic (exact) mass is 231 g/mol. The smallest absolute Gasteiger partial charge is 0.161 e. The third-order valence-electron chi connectivity index (χ3n) is 2.64. The molecule has 16 heavy (non-hydrogen) atoms. The van der Waals surface area contributed by atoms with Gasteiger partial charge in [0.2, 0.25) is 0 Å². The molecule has 1 nitrogen and oxygen atoms in total. The molecule has 0 saturated carbocycles. The van der Waals surface area contributed by atoms with Crippen LogP contribution in [0.25, 0.3) is 0 Å². The van der Waals surface area contributed by atoms with Gasteiger partial charge in [-0.05, 0) is 23.5 Å². The van der Waals surface area contributed by atoms with E-state index in [-0.39, 0.29) is 23.4 Å². The highest BCUT2D eigenvalue weighted by atomic mass is 19.2. The fourth-order valence-electron chi connectivity index (χ4n) is 1.26. The van der Waals surface area contributed by atoms with Gasteiger partial charge in [-0.25, -0.2) is 13.2 Å². The fourth-order valence-corrected chi connectivity index (χ4v) is 1.26. The lowest BCUT2D eigenvalue weighted by Crippen LogP contribution is -2.37. The first-order chi connectivity index (χ1) is 7.21. The van der Waals surface area contributed by atoms with Gasteiger partial charge in [-0.2, -0.15) is 0 Å². The summed E-state index contributed by atoms with van der Waals surface area (Å²) < 4.78 is 38.9. The normalized spacial score (nSPS) is 13.9. The van der Waals surface area contributed by atoms with Crippen LogP contribution in [-0.2, 0) is 6.42 Å². The second-order valence-electron chi connectivity index (χ2n) is 5.03. The SMILES string of the molecule is CC(C)(C)[C@H](N)Cc1cc(F)c(F)cc1F. The Hall–Kier alpha value is -1.03. The Morgan fingerprint density at radius 2 is 1.56 bits per heavy atom. The molecule has 0 saturated heterocycles. The second-order valence-corrected chi connectivity index (χ2v) is 5.03. The highest BCUT2D eigenvalue weighted by Crippen LogP contribution is 2.23. The first-order valence-electron chi connectivity index (χ1n) is 5.11. The summed E-state index contributed by atoms with van der Waals surface area (Å²) in [5.41, 5.74) is 5.76. The van der Waals surface area contributed by atoms with Gasteiger partial charge in [0.15, 0.2) is 11.6 Å². The highest BCUT2D eigenvalue weighted by molar-refractivity contribution is 5.21. The van der Waals surface area contributed by atoms with Crippen LogP contribution in [0.4, 0.5) is 13.2 Å². The largest absolute Gasteiger partial charge is 0.327 e. The van der Waals surface area contributed by atoms with Crippen molar-refractivity contribution in [1.82, 2.24) is 0 Å². The molecule has 0 aromatic heterocycles. The van der Waals surface area contributed by atoms with Gasteiger partial charge in [0.25, 0.3) is 0 Å². The average molecular weight is 231 g/mol. The lowest BCUT2D eigenvalue weighted by atomic mass is 9.83. The Morgan fingerprint density at radius 1 is 1.06 bits per heavy atom. The zero-order chi connectivity index (χ0) is 12.5. The Labute approximate surface area is 93.5 Å². The van der Waals surface area contributed by atoms with Crippen LogP contribution < -0.4 is 5.73 Å². The summed E-state index contributed by atoms with van der Waals surface area (Å²) in [5, 5.41) is 0. The number of hydrogen-bond donors (Lipinski definition) is 1. The minimum atomic E-state index is -1.18. The molecule has 0 radical (unpaired) electrons. The third-order valence-corrected chi connectivity index (χ3v) is 2.64. The minimum absolute atomic E-state index is 0.112. The zero-order valence-electron chi connectivity index (χ0n) is 9.65. The minimum Gasteiger partial charge on any atom is -0.327 e. The summed E-state index contributed by atoms with van der Waals surface area (Å²) in [7, 11) is 0. The van der Waals surface area contributed by atoms with Gasteiger partial charge in [0, 0.05) is 12.1 Å². The van der Waals surface area contributed by atoms with Crippen molar-refractivity contribution >= 4 is 0 Å². The lowest BCUT2D eigenvalue weighted by molar-refractivity contribution is 0.315. The Kier molecular flexibility index (Phi) is 3.63. The van der Waals surface area contributed by atoms with Gasteiger partial charge in [0.05, 0.1) is 0 Å². The maximum Gasteiger partial charge on any atom is 0.161 e. The zero-order valence-corrected chi connectivity index (χ0v) is 9.65. The highest BCUT2D eigenvalue weighted by Gasteiger charge is 2.22. The summed E-state index contributed by atoms with van der Waals surface area (Å²) in [5.74, 6) is -2.97. The van der Waals surface area contributed by atoms with Gasteiger partial charge in [-0.1, -0.05) is 20.8 Å². The molecule has 0 bridgehead atoms. The quantitative estimate of drug-likeness (QED) is 0.778. The first kappa shape index (κ1) is 13.0. The Balaban J connectivity index is 2.94. The van der Waals surface area contributed by atoms with Crippen LogP contribution in [0.5, 0.6) is 0 Å². The first-order valence-corrected chi connectivity index (χ1v) is 5.11. The molecular formula is C12H16F3N. The van der Waals surface area contributed by atoms with E-state index in [2.05, 4.69) is 0 Å². The summed E-state index contributed by atoms with van der Waals surface area (Å²) >= 11 is 0. The van der Waals surface area contributed by atoms with Gasteiger partial charge < -0.3 is 5.73 Å². The fraction of sp³-hybridized carbons (Fsp3) is 0.500. The molecule has 2 N–H and O–H groups in total. The number of hydrogen-bond acceptors (Lipinski definition) is 1. The van der Waals surface area contributed by atoms with Gasteiger partial charge in [-0.15, -0.1) is 0 Å². The third kappa shape index (κ3) is 2.98. The maximum absolute atomic E-state index is 13.3. The van der Waals surface area contributed by atoms with E-state index < -0.39 is 17.5 Å². The van der Waals surface area contributed by atoms with E-state index in [1.54, 1.807) is 0 Å². The number of rotatable bonds is 2. The van der Waals surface area contributed by atoms with E-state index in [0.717, 1.165) is 6.07 Å². The van der Waals surface area contributed by atoms with E-state index in [1.807, 2.05) is 20.8 Å². The molecule has 0 aliphatic carbocycles. The van der Waals surface area contributed by atoms with Gasteiger partial charge >= 0.3 is 0 Å². The molecule has 90 valence electrons. The van der Waals surface area contributed by atoms with Crippen molar-refractivity contribution in [1.29, 1.82) is 0 Å². The molecule has 0 unspecified atom stereocenters. The van der Waals surface area contributed by atoms with Gasteiger partial charge in [-0.3, -0.25) is 0 Å². The predicted molar refractivity (Wildman–Crippen MR) is 57.5 cm³/mol. The summed E-state index contributed by atoms with van der Waals surface area (Å²) in [6.07, 6.45) is 0.187. The summed E-state index contributed by atoms with van der Waals surface area (Å²) in [4.78, 5) is 0. The van der Waals surface area contributed by atoms with Crippen molar-refractivity contribution < 1.29 is 13.2 Å². The van der Waals surface area contributed by atoms with E-state index >= 15 is 0 Å². The molecule has 1 rings (SSSR count). The molecule has 0 spiro atoms. The Bertz CT molecular complexity index is 383. The number of benzene rings is 1. The molecule has 1 aromatic carbocycles. The van der Waals surface area contributed by atoms with Crippen molar-refractivity contribution in [2.24, 2.45) is 11.1 Å². The second kappa shape index (κ2) is 4.45. The van der Waals surface area contributed by atoms with Crippen LogP contribution in [0.2, 0.25) is 0 Å². The van der Waals surface area contributed by atoms with Crippen LogP contribution in [0, 0.1) is 22.9 Å². The van der Waals surface area contributed by atoms with E-state index in [0.29, 0.717) is 6.07 Å². The van der Waals surface area contributed by atoms with Crippen molar-refractivity contribution in [2.75, 3.05) is 0 Å². The Morgan fingerprint density at radius 3 is 2.06 bits per heavy atom. The molecular weight excluding hydrogens is 215 g/mol. The molecule has 0 aliphatic heterocycles. The molecule has 0 fully saturated rings. The number of halogens is 3. The standard InChI is InChI=1S/C12H16F3N/c1-12(2,3)11(16)5-7-4-9(14)10(15)6-8(7)13/h4,6,11H,5,16H2,1-3H3/t11-/m1/s1. The van der Waals surface area contributed by atoms with Crippen LogP contribution >= 0.6 is 0 Å². The lowest BCUT2D eigenvalue weighted by Gasteiger charge is -2.27. The van der Waals surface area contributed by atoms with Crippen LogP contribution in [-0.4, -0.2) is 6.04 Å². The van der Waals surface area contributed by atoms with Crippen LogP contribution in [0.15, 0.2) is 12.1 Å². The van der Waals surface area contributed by atoms with Crippen LogP contribution in [0.1, 0.15) is 26.3 Å². The predicted octanol–water partition coefficient (Wildman–Crippen LogP) is 3.02. The summed E-state index contributed by atoms with van der Waals surface area (Å²) in [6, 6.07) is 1.11. The van der Waals surface area contributed by atoms with Crippen molar-refractivity contribution in [2.45, 2.75) is 33.2 Å². The topological polar surface area (TPSA) is 26.0 Å². The molecule has 1 atom stereocenters. The van der Waals surface area contributed by atoms with E-state index in [9.17, 15) is 13.2 Å². The maximum atomic E-state index is 13.3. The van der Waals surface area contributed by atoms with Crippen molar-refractivity contribution in [3.63, 3.8) is 0 Å². The average Bonchev–Trinajstić information content (AvgIpc) is 2.12. The van der Waals surface area contributed by atoms with Crippen LogP contribution in [0.3, 0.4) is 0 Å². The van der Waals surface area contributed by atoms with E-state index in [1.165, 1.54) is 0 Å². The van der Waals surface area contributed by atoms with Crippen molar-refractivity contribution in [3.8, 4) is 0 Å². The number of nitrogens with two attached hydrogens (primary N) is 1. The molecule has 0 amide bonds. The van der Waals surface area contributed by atoms with Gasteiger partial charge in [0.1, 0.15) is 5.82 Å². The molecule has 0 aliphatic rings. The molecule has 1 aromatic rings. The molecule has 0 heterocycles. The molecule has 4 heteroatoms.